The minimum absolute atomic E-state index is 0.00167. The predicted molar refractivity (Wildman–Crippen MR) is 73.3 cm³/mol. The minimum Gasteiger partial charge on any atom is -0.392 e. The Balaban J connectivity index is 2.36. The molecule has 0 bridgehead atoms. The van der Waals surface area contributed by atoms with Crippen molar-refractivity contribution in [2.75, 3.05) is 13.7 Å². The van der Waals surface area contributed by atoms with Crippen molar-refractivity contribution >= 4 is 5.91 Å². The fourth-order valence-corrected chi connectivity index (χ4v) is 1.74. The fourth-order valence-electron chi connectivity index (χ4n) is 1.74. The Hall–Kier alpha value is -1.43. The van der Waals surface area contributed by atoms with Gasteiger partial charge in [0.1, 0.15) is 0 Å². The number of benzene rings is 1. The van der Waals surface area contributed by atoms with Gasteiger partial charge >= 0.3 is 0 Å². The third-order valence-electron chi connectivity index (χ3n) is 2.84. The molecule has 0 aliphatic heterocycles. The van der Waals surface area contributed by atoms with Gasteiger partial charge in [0.05, 0.1) is 12.6 Å². The van der Waals surface area contributed by atoms with Crippen molar-refractivity contribution < 1.29 is 14.6 Å². The summed E-state index contributed by atoms with van der Waals surface area (Å²) in [4.78, 5) is 11.7. The average molecular weight is 266 g/mol. The normalized spacial score (nSPS) is 12.2. The highest BCUT2D eigenvalue weighted by Crippen LogP contribution is 2.05. The van der Waals surface area contributed by atoms with Crippen LogP contribution in [0.4, 0.5) is 0 Å². The zero-order valence-corrected chi connectivity index (χ0v) is 11.3. The van der Waals surface area contributed by atoms with Crippen LogP contribution < -0.4 is 11.1 Å². The SMILES string of the molecule is COCCCC(N)C(=O)NCc1cccc(CO)c1. The molecular weight excluding hydrogens is 244 g/mol. The highest BCUT2D eigenvalue weighted by molar-refractivity contribution is 5.81. The van der Waals surface area contributed by atoms with Gasteiger partial charge < -0.3 is 20.9 Å². The molecule has 0 aliphatic carbocycles. The summed E-state index contributed by atoms with van der Waals surface area (Å²) in [5.74, 6) is -0.162. The second-order valence-corrected chi connectivity index (χ2v) is 4.44. The summed E-state index contributed by atoms with van der Waals surface area (Å²) >= 11 is 0. The van der Waals surface area contributed by atoms with Crippen molar-refractivity contribution in [1.82, 2.24) is 5.32 Å². The Labute approximate surface area is 113 Å². The van der Waals surface area contributed by atoms with Gasteiger partial charge in [0.25, 0.3) is 0 Å². The fraction of sp³-hybridized carbons (Fsp3) is 0.500. The molecule has 0 saturated carbocycles. The van der Waals surface area contributed by atoms with E-state index in [-0.39, 0.29) is 12.5 Å². The molecule has 5 nitrogen and oxygen atoms in total. The highest BCUT2D eigenvalue weighted by atomic mass is 16.5. The van der Waals surface area contributed by atoms with Crippen LogP contribution in [0.15, 0.2) is 24.3 Å². The molecule has 0 aromatic heterocycles. The summed E-state index contributed by atoms with van der Waals surface area (Å²) in [6.45, 7) is 1.03. The largest absolute Gasteiger partial charge is 0.392 e. The molecule has 0 saturated heterocycles. The molecule has 1 rings (SSSR count). The third kappa shape index (κ3) is 5.83. The Morgan fingerprint density at radius 1 is 1.47 bits per heavy atom. The van der Waals surface area contributed by atoms with Crippen LogP contribution in [0.25, 0.3) is 0 Å². The van der Waals surface area contributed by atoms with Crippen LogP contribution in [0, 0.1) is 0 Å². The number of hydrogen-bond donors (Lipinski definition) is 3. The lowest BCUT2D eigenvalue weighted by molar-refractivity contribution is -0.122. The van der Waals surface area contributed by atoms with Crippen LogP contribution >= 0.6 is 0 Å². The van der Waals surface area contributed by atoms with E-state index in [1.54, 1.807) is 7.11 Å². The summed E-state index contributed by atoms with van der Waals surface area (Å²) in [5.41, 5.74) is 7.55. The Kier molecular flexibility index (Phi) is 7.10. The van der Waals surface area contributed by atoms with Crippen molar-refractivity contribution in [2.45, 2.75) is 32.0 Å². The summed E-state index contributed by atoms with van der Waals surface area (Å²) < 4.78 is 4.92. The molecule has 1 aromatic carbocycles. The van der Waals surface area contributed by atoms with Crippen molar-refractivity contribution in [2.24, 2.45) is 5.73 Å². The Bertz CT molecular complexity index is 396. The first-order valence-electron chi connectivity index (χ1n) is 6.38. The maximum absolute atomic E-state index is 11.7. The van der Waals surface area contributed by atoms with Crippen molar-refractivity contribution in [3.05, 3.63) is 35.4 Å². The number of nitrogens with two attached hydrogens (primary N) is 1. The van der Waals surface area contributed by atoms with E-state index in [4.69, 9.17) is 15.6 Å². The lowest BCUT2D eigenvalue weighted by Crippen LogP contribution is -2.40. The molecule has 106 valence electrons. The first kappa shape index (κ1) is 15.6. The summed E-state index contributed by atoms with van der Waals surface area (Å²) in [6, 6.07) is 6.94. The van der Waals surface area contributed by atoms with E-state index in [0.29, 0.717) is 19.6 Å². The van der Waals surface area contributed by atoms with Gasteiger partial charge in [0.15, 0.2) is 0 Å². The molecule has 1 unspecified atom stereocenters. The van der Waals surface area contributed by atoms with Gasteiger partial charge in [-0.1, -0.05) is 24.3 Å². The molecule has 1 amide bonds. The van der Waals surface area contributed by atoms with Gasteiger partial charge in [-0.05, 0) is 24.0 Å². The minimum atomic E-state index is -0.504. The van der Waals surface area contributed by atoms with Crippen molar-refractivity contribution in [3.8, 4) is 0 Å². The van der Waals surface area contributed by atoms with Gasteiger partial charge in [0, 0.05) is 20.3 Å². The standard InChI is InChI=1S/C14H22N2O3/c1-19-7-3-6-13(15)14(18)16-9-11-4-2-5-12(8-11)10-17/h2,4-5,8,13,17H,3,6-7,9-10,15H2,1H3,(H,16,18). The second-order valence-electron chi connectivity index (χ2n) is 4.44. The number of ether oxygens (including phenoxy) is 1. The van der Waals surface area contributed by atoms with Crippen LogP contribution in [0.1, 0.15) is 24.0 Å². The second kappa shape index (κ2) is 8.63. The zero-order valence-electron chi connectivity index (χ0n) is 11.3. The number of rotatable bonds is 8. The zero-order chi connectivity index (χ0) is 14.1. The first-order valence-corrected chi connectivity index (χ1v) is 6.38. The summed E-state index contributed by atoms with van der Waals surface area (Å²) in [7, 11) is 1.62. The molecule has 0 spiro atoms. The molecule has 0 fully saturated rings. The number of amides is 1. The van der Waals surface area contributed by atoms with E-state index in [0.717, 1.165) is 17.5 Å². The quantitative estimate of drug-likeness (QED) is 0.600. The van der Waals surface area contributed by atoms with E-state index in [1.165, 1.54) is 0 Å². The number of methoxy groups -OCH3 is 1. The lowest BCUT2D eigenvalue weighted by Gasteiger charge is -2.12. The number of aliphatic hydroxyl groups is 1. The van der Waals surface area contributed by atoms with E-state index in [2.05, 4.69) is 5.32 Å². The van der Waals surface area contributed by atoms with Crippen molar-refractivity contribution in [1.29, 1.82) is 0 Å². The lowest BCUT2D eigenvalue weighted by atomic mass is 10.1. The molecule has 4 N–H and O–H groups in total. The number of carbonyl (C=O) groups excluding carboxylic acids is 1. The maximum Gasteiger partial charge on any atom is 0.237 e. The van der Waals surface area contributed by atoms with Crippen LogP contribution in [0.3, 0.4) is 0 Å². The number of hydrogen-bond acceptors (Lipinski definition) is 4. The molecule has 19 heavy (non-hydrogen) atoms. The van der Waals surface area contributed by atoms with Gasteiger partial charge in [-0.25, -0.2) is 0 Å². The molecule has 0 radical (unpaired) electrons. The number of nitrogens with one attached hydrogen (secondary N) is 1. The molecular formula is C14H22N2O3. The summed E-state index contributed by atoms with van der Waals surface area (Å²) in [6.07, 6.45) is 1.38. The van der Waals surface area contributed by atoms with Crippen LogP contribution in [-0.4, -0.2) is 30.8 Å². The average Bonchev–Trinajstić information content (AvgIpc) is 2.45. The van der Waals surface area contributed by atoms with Gasteiger partial charge in [0.2, 0.25) is 5.91 Å². The van der Waals surface area contributed by atoms with E-state index >= 15 is 0 Å². The van der Waals surface area contributed by atoms with Gasteiger partial charge in [-0.3, -0.25) is 4.79 Å². The maximum atomic E-state index is 11.7. The number of aliphatic hydroxyl groups excluding tert-OH is 1. The first-order chi connectivity index (χ1) is 9.17. The van der Waals surface area contributed by atoms with Gasteiger partial charge in [-0.15, -0.1) is 0 Å². The van der Waals surface area contributed by atoms with Gasteiger partial charge in [-0.2, -0.15) is 0 Å². The highest BCUT2D eigenvalue weighted by Gasteiger charge is 2.12. The molecule has 1 aromatic rings. The van der Waals surface area contributed by atoms with Crippen LogP contribution in [0.2, 0.25) is 0 Å². The molecule has 0 heterocycles. The van der Waals surface area contributed by atoms with Crippen LogP contribution in [0.5, 0.6) is 0 Å². The van der Waals surface area contributed by atoms with E-state index in [9.17, 15) is 4.79 Å². The monoisotopic (exact) mass is 266 g/mol. The molecule has 5 heteroatoms. The third-order valence-corrected chi connectivity index (χ3v) is 2.84. The Morgan fingerprint density at radius 2 is 2.21 bits per heavy atom. The molecule has 0 aliphatic rings. The van der Waals surface area contributed by atoms with E-state index < -0.39 is 6.04 Å². The predicted octanol–water partition coefficient (Wildman–Crippen LogP) is 0.549. The smallest absolute Gasteiger partial charge is 0.237 e. The topological polar surface area (TPSA) is 84.6 Å². The number of carbonyl (C=O) groups is 1. The molecule has 1 atom stereocenters. The Morgan fingerprint density at radius 3 is 2.89 bits per heavy atom. The van der Waals surface area contributed by atoms with Crippen molar-refractivity contribution in [3.63, 3.8) is 0 Å². The van der Waals surface area contributed by atoms with E-state index in [1.807, 2.05) is 24.3 Å². The summed E-state index contributed by atoms with van der Waals surface area (Å²) in [5, 5.41) is 11.8. The van der Waals surface area contributed by atoms with Crippen LogP contribution in [-0.2, 0) is 22.7 Å².